The summed E-state index contributed by atoms with van der Waals surface area (Å²) < 4.78 is 11.0. The van der Waals surface area contributed by atoms with E-state index in [1.807, 2.05) is 29.3 Å². The largest absolute Gasteiger partial charge is 0.467 e. The summed E-state index contributed by atoms with van der Waals surface area (Å²) in [6, 6.07) is 9.28. The molecule has 1 aromatic carbocycles. The van der Waals surface area contributed by atoms with Gasteiger partial charge in [-0.05, 0) is 30.3 Å². The Bertz CT molecular complexity index is 776. The molecule has 0 amide bonds. The summed E-state index contributed by atoms with van der Waals surface area (Å²) in [5.74, 6) is 0.862. The van der Waals surface area contributed by atoms with E-state index in [0.29, 0.717) is 16.6 Å². The highest BCUT2D eigenvalue weighted by molar-refractivity contribution is 6.36. The summed E-state index contributed by atoms with van der Waals surface area (Å²) >= 11 is 12.5. The first-order valence-electron chi connectivity index (χ1n) is 8.61. The Labute approximate surface area is 162 Å². The molecule has 6 nitrogen and oxygen atoms in total. The van der Waals surface area contributed by atoms with E-state index in [1.165, 1.54) is 0 Å². The number of furan rings is 1. The lowest BCUT2D eigenvalue weighted by molar-refractivity contribution is 0.0150. The van der Waals surface area contributed by atoms with Crippen LogP contribution in [0.25, 0.3) is 0 Å². The average Bonchev–Trinajstić information content (AvgIpc) is 3.30. The van der Waals surface area contributed by atoms with Crippen molar-refractivity contribution in [3.63, 3.8) is 0 Å². The lowest BCUT2D eigenvalue weighted by Crippen LogP contribution is -2.47. The molecule has 2 aliphatic rings. The maximum absolute atomic E-state index is 6.42. The smallest absolute Gasteiger partial charge is 0.128 e. The Morgan fingerprint density at radius 2 is 2.04 bits per heavy atom. The van der Waals surface area contributed by atoms with Crippen LogP contribution in [-0.2, 0) is 4.74 Å². The minimum absolute atomic E-state index is 0.0230. The van der Waals surface area contributed by atoms with Crippen molar-refractivity contribution in [1.82, 2.24) is 10.4 Å². The van der Waals surface area contributed by atoms with E-state index in [2.05, 4.69) is 10.4 Å². The van der Waals surface area contributed by atoms with Gasteiger partial charge in [0.2, 0.25) is 0 Å². The van der Waals surface area contributed by atoms with E-state index >= 15 is 0 Å². The van der Waals surface area contributed by atoms with Crippen LogP contribution in [0.4, 0.5) is 5.69 Å². The van der Waals surface area contributed by atoms with Crippen LogP contribution in [0, 0.1) is 0 Å². The summed E-state index contributed by atoms with van der Waals surface area (Å²) in [7, 11) is 0. The Morgan fingerprint density at radius 1 is 1.19 bits per heavy atom. The molecule has 0 aliphatic carbocycles. The number of halogens is 2. The van der Waals surface area contributed by atoms with Crippen molar-refractivity contribution in [3.05, 3.63) is 52.4 Å². The summed E-state index contributed by atoms with van der Waals surface area (Å²) in [6.45, 7) is 3.93. The predicted octanol–water partition coefficient (Wildman–Crippen LogP) is 3.73. The van der Waals surface area contributed by atoms with E-state index in [1.54, 1.807) is 12.3 Å². The fourth-order valence-corrected chi connectivity index (χ4v) is 3.69. The second-order valence-corrected chi connectivity index (χ2v) is 7.12. The van der Waals surface area contributed by atoms with Gasteiger partial charge in [0.1, 0.15) is 11.8 Å². The Hall–Kier alpha value is -1.57. The number of morpholine rings is 1. The van der Waals surface area contributed by atoms with Crippen LogP contribution in [0.2, 0.25) is 10.0 Å². The molecule has 2 aliphatic heterocycles. The third-order valence-electron chi connectivity index (χ3n) is 4.52. The van der Waals surface area contributed by atoms with Crippen LogP contribution >= 0.6 is 23.2 Å². The monoisotopic (exact) mass is 394 g/mol. The molecule has 2 aromatic rings. The third kappa shape index (κ3) is 3.89. The van der Waals surface area contributed by atoms with Crippen LogP contribution in [0.5, 0.6) is 0 Å². The number of rotatable bonds is 5. The van der Waals surface area contributed by atoms with Crippen molar-refractivity contribution in [2.75, 3.05) is 37.9 Å². The van der Waals surface area contributed by atoms with Crippen molar-refractivity contribution < 1.29 is 9.15 Å². The fourth-order valence-electron chi connectivity index (χ4n) is 3.20. The van der Waals surface area contributed by atoms with Crippen LogP contribution in [0.3, 0.4) is 0 Å². The highest BCUT2D eigenvalue weighted by Gasteiger charge is 2.32. The van der Waals surface area contributed by atoms with Gasteiger partial charge in [-0.3, -0.25) is 5.01 Å². The quantitative estimate of drug-likeness (QED) is 0.836. The first kappa shape index (κ1) is 17.8. The summed E-state index contributed by atoms with van der Waals surface area (Å²) in [6.07, 6.45) is 2.45. The van der Waals surface area contributed by atoms with Crippen molar-refractivity contribution in [1.29, 1.82) is 0 Å². The van der Waals surface area contributed by atoms with Gasteiger partial charge in [-0.2, -0.15) is 5.10 Å². The van der Waals surface area contributed by atoms with Gasteiger partial charge in [0.15, 0.2) is 0 Å². The summed E-state index contributed by atoms with van der Waals surface area (Å²) in [5.41, 5.74) is 5.30. The first-order valence-corrected chi connectivity index (χ1v) is 9.36. The Kier molecular flexibility index (Phi) is 5.47. The molecule has 4 rings (SSSR count). The van der Waals surface area contributed by atoms with Gasteiger partial charge < -0.3 is 9.15 Å². The SMILES string of the molecule is Clc1ccc(N2N=C(CNN3CCOCC3)CC2c2ccco2)c(Cl)c1. The highest BCUT2D eigenvalue weighted by Crippen LogP contribution is 2.39. The molecule has 1 saturated heterocycles. The normalized spacial score (nSPS) is 21.2. The highest BCUT2D eigenvalue weighted by atomic mass is 35.5. The molecule has 1 fully saturated rings. The first-order chi connectivity index (χ1) is 12.7. The van der Waals surface area contributed by atoms with Crippen molar-refractivity contribution in [2.24, 2.45) is 5.10 Å². The van der Waals surface area contributed by atoms with Crippen LogP contribution < -0.4 is 10.4 Å². The van der Waals surface area contributed by atoms with Crippen LogP contribution in [-0.4, -0.2) is 43.6 Å². The maximum Gasteiger partial charge on any atom is 0.128 e. The van der Waals surface area contributed by atoms with Gasteiger partial charge >= 0.3 is 0 Å². The van der Waals surface area contributed by atoms with Crippen molar-refractivity contribution >= 4 is 34.6 Å². The standard InChI is InChI=1S/C18H20Cl2N4O2/c19-13-3-4-16(15(20)10-13)24-17(18-2-1-7-26-18)11-14(22-24)12-21-23-5-8-25-9-6-23/h1-4,7,10,17,21H,5-6,8-9,11-12H2. The fraction of sp³-hybridized carbons (Fsp3) is 0.389. The van der Waals surface area contributed by atoms with Gasteiger partial charge in [-0.1, -0.05) is 23.2 Å². The molecule has 1 atom stereocenters. The lowest BCUT2D eigenvalue weighted by atomic mass is 10.1. The number of ether oxygens (including phenoxy) is 1. The predicted molar refractivity (Wildman–Crippen MR) is 103 cm³/mol. The molecular weight excluding hydrogens is 375 g/mol. The second-order valence-electron chi connectivity index (χ2n) is 6.28. The Morgan fingerprint density at radius 3 is 2.77 bits per heavy atom. The molecule has 1 N–H and O–H groups in total. The van der Waals surface area contributed by atoms with Crippen LogP contribution in [0.1, 0.15) is 18.2 Å². The topological polar surface area (TPSA) is 53.2 Å². The number of anilines is 1. The summed E-state index contributed by atoms with van der Waals surface area (Å²) in [4.78, 5) is 0. The molecule has 0 spiro atoms. The zero-order valence-corrected chi connectivity index (χ0v) is 15.7. The van der Waals surface area contributed by atoms with Crippen LogP contribution in [0.15, 0.2) is 46.1 Å². The zero-order valence-electron chi connectivity index (χ0n) is 14.2. The van der Waals surface area contributed by atoms with E-state index in [-0.39, 0.29) is 6.04 Å². The minimum Gasteiger partial charge on any atom is -0.467 e. The zero-order chi connectivity index (χ0) is 17.9. The van der Waals surface area contributed by atoms with Gasteiger partial charge in [0, 0.05) is 24.5 Å². The number of nitrogens with zero attached hydrogens (tertiary/aromatic N) is 3. The molecule has 26 heavy (non-hydrogen) atoms. The van der Waals surface area contributed by atoms with E-state index < -0.39 is 0 Å². The maximum atomic E-state index is 6.42. The molecule has 8 heteroatoms. The number of hydrazine groups is 1. The Balaban J connectivity index is 1.54. The summed E-state index contributed by atoms with van der Waals surface area (Å²) in [5, 5.41) is 10.1. The van der Waals surface area contributed by atoms with Gasteiger partial charge in [0.05, 0.1) is 42.4 Å². The molecule has 138 valence electrons. The molecule has 0 bridgehead atoms. The number of hydrogen-bond donors (Lipinski definition) is 1. The number of nitrogens with one attached hydrogen (secondary N) is 1. The number of hydrogen-bond acceptors (Lipinski definition) is 6. The average molecular weight is 395 g/mol. The lowest BCUT2D eigenvalue weighted by Gasteiger charge is -2.27. The third-order valence-corrected chi connectivity index (χ3v) is 5.06. The minimum atomic E-state index is -0.0230. The van der Waals surface area contributed by atoms with Gasteiger partial charge in [-0.25, -0.2) is 10.4 Å². The van der Waals surface area contributed by atoms with E-state index in [0.717, 1.165) is 49.9 Å². The molecule has 1 aromatic heterocycles. The molecule has 3 heterocycles. The molecular formula is C18H20Cl2N4O2. The second kappa shape index (κ2) is 7.98. The molecule has 0 radical (unpaired) electrons. The van der Waals surface area contributed by atoms with E-state index in [4.69, 9.17) is 37.5 Å². The number of hydrazone groups is 1. The van der Waals surface area contributed by atoms with Gasteiger partial charge in [-0.15, -0.1) is 0 Å². The molecule has 0 saturated carbocycles. The molecule has 1 unspecified atom stereocenters. The number of benzene rings is 1. The van der Waals surface area contributed by atoms with E-state index in [9.17, 15) is 0 Å². The van der Waals surface area contributed by atoms with Gasteiger partial charge in [0.25, 0.3) is 0 Å². The van der Waals surface area contributed by atoms with Crippen molar-refractivity contribution in [3.8, 4) is 0 Å². The van der Waals surface area contributed by atoms with Crippen molar-refractivity contribution in [2.45, 2.75) is 12.5 Å².